The van der Waals surface area contributed by atoms with Crippen molar-refractivity contribution in [2.75, 3.05) is 18.5 Å². The van der Waals surface area contributed by atoms with E-state index >= 15 is 0 Å². The van der Waals surface area contributed by atoms with Crippen molar-refractivity contribution in [3.05, 3.63) is 32.3 Å². The lowest BCUT2D eigenvalue weighted by atomic mass is 10.1. The van der Waals surface area contributed by atoms with Gasteiger partial charge in [-0.1, -0.05) is 15.9 Å². The van der Waals surface area contributed by atoms with E-state index in [-0.39, 0.29) is 12.3 Å². The fraction of sp³-hybridized carbons (Fsp3) is 0.455. The van der Waals surface area contributed by atoms with Gasteiger partial charge in [-0.15, -0.1) is 0 Å². The highest BCUT2D eigenvalue weighted by atomic mass is 79.9. The third-order valence-electron chi connectivity index (χ3n) is 2.55. The predicted molar refractivity (Wildman–Crippen MR) is 71.7 cm³/mol. The molecule has 0 bridgehead atoms. The molecule has 1 rings (SSSR count). The standard InChI is InChI=1S/C11H15BrN2O4/c1-7-9(12)2-3-10(11(7)14(17)18)13-5-4-8(16)6-15/h2-3,8,13,15-16H,4-6H2,1H3/t8-/m1/s1. The highest BCUT2D eigenvalue weighted by Gasteiger charge is 2.19. The first kappa shape index (κ1) is 14.9. The van der Waals surface area contributed by atoms with Gasteiger partial charge >= 0.3 is 0 Å². The van der Waals surface area contributed by atoms with Crippen LogP contribution in [0.3, 0.4) is 0 Å². The Kier molecular flexibility index (Phi) is 5.52. The van der Waals surface area contributed by atoms with Gasteiger partial charge < -0.3 is 15.5 Å². The number of nitrogens with zero attached hydrogens (tertiary/aromatic N) is 1. The van der Waals surface area contributed by atoms with Crippen molar-refractivity contribution >= 4 is 27.3 Å². The number of aliphatic hydroxyl groups excluding tert-OH is 2. The van der Waals surface area contributed by atoms with Crippen molar-refractivity contribution in [3.8, 4) is 0 Å². The molecule has 6 nitrogen and oxygen atoms in total. The highest BCUT2D eigenvalue weighted by molar-refractivity contribution is 9.10. The molecule has 0 aliphatic heterocycles. The second-order valence-corrected chi connectivity index (χ2v) is 4.73. The summed E-state index contributed by atoms with van der Waals surface area (Å²) in [4.78, 5) is 10.6. The number of hydrogen-bond acceptors (Lipinski definition) is 5. The number of nitro groups is 1. The number of halogens is 1. The van der Waals surface area contributed by atoms with Crippen molar-refractivity contribution < 1.29 is 15.1 Å². The normalized spacial score (nSPS) is 12.2. The molecular formula is C11H15BrN2O4. The van der Waals surface area contributed by atoms with Crippen LogP contribution in [0, 0.1) is 17.0 Å². The number of anilines is 1. The first-order chi connectivity index (χ1) is 8.47. The van der Waals surface area contributed by atoms with Crippen LogP contribution in [0.15, 0.2) is 16.6 Å². The van der Waals surface area contributed by atoms with E-state index in [1.807, 2.05) is 0 Å². The molecule has 18 heavy (non-hydrogen) atoms. The molecule has 0 fully saturated rings. The Balaban J connectivity index is 2.83. The zero-order chi connectivity index (χ0) is 13.7. The zero-order valence-corrected chi connectivity index (χ0v) is 11.5. The number of rotatable bonds is 6. The average Bonchev–Trinajstić information content (AvgIpc) is 2.33. The second-order valence-electron chi connectivity index (χ2n) is 3.88. The summed E-state index contributed by atoms with van der Waals surface area (Å²) in [7, 11) is 0. The van der Waals surface area contributed by atoms with Gasteiger partial charge in [0.2, 0.25) is 0 Å². The SMILES string of the molecule is Cc1c(Br)ccc(NCC[C@@H](O)CO)c1[N+](=O)[O-]. The molecule has 0 aromatic heterocycles. The molecule has 1 atom stereocenters. The van der Waals surface area contributed by atoms with E-state index in [1.165, 1.54) is 0 Å². The lowest BCUT2D eigenvalue weighted by molar-refractivity contribution is -0.384. The molecule has 0 spiro atoms. The Labute approximate surface area is 113 Å². The summed E-state index contributed by atoms with van der Waals surface area (Å²) in [6, 6.07) is 3.34. The maximum atomic E-state index is 11.0. The van der Waals surface area contributed by atoms with Gasteiger partial charge in [-0.25, -0.2) is 0 Å². The topological polar surface area (TPSA) is 95.6 Å². The van der Waals surface area contributed by atoms with Gasteiger partial charge in [-0.3, -0.25) is 10.1 Å². The van der Waals surface area contributed by atoms with E-state index in [4.69, 9.17) is 5.11 Å². The maximum Gasteiger partial charge on any atom is 0.296 e. The smallest absolute Gasteiger partial charge is 0.296 e. The molecule has 0 saturated carbocycles. The summed E-state index contributed by atoms with van der Waals surface area (Å²) in [5.41, 5.74) is 0.974. The van der Waals surface area contributed by atoms with Crippen LogP contribution in [0.2, 0.25) is 0 Å². The van der Waals surface area contributed by atoms with E-state index in [1.54, 1.807) is 19.1 Å². The summed E-state index contributed by atoms with van der Waals surface area (Å²) < 4.78 is 0.676. The van der Waals surface area contributed by atoms with Crippen LogP contribution in [-0.2, 0) is 0 Å². The fourth-order valence-electron chi connectivity index (χ4n) is 1.52. The van der Waals surface area contributed by atoms with Crippen molar-refractivity contribution in [3.63, 3.8) is 0 Å². The minimum atomic E-state index is -0.812. The third kappa shape index (κ3) is 3.66. The minimum absolute atomic E-state index is 0.0165. The molecular weight excluding hydrogens is 304 g/mol. The van der Waals surface area contributed by atoms with Crippen LogP contribution in [0.1, 0.15) is 12.0 Å². The molecule has 100 valence electrons. The molecule has 3 N–H and O–H groups in total. The molecule has 1 aromatic rings. The van der Waals surface area contributed by atoms with Gasteiger partial charge in [0.05, 0.1) is 17.6 Å². The first-order valence-corrected chi connectivity index (χ1v) is 6.23. The van der Waals surface area contributed by atoms with E-state index < -0.39 is 11.0 Å². The van der Waals surface area contributed by atoms with Crippen LogP contribution in [0.25, 0.3) is 0 Å². The third-order valence-corrected chi connectivity index (χ3v) is 3.41. The first-order valence-electron chi connectivity index (χ1n) is 5.43. The number of aliphatic hydroxyl groups is 2. The van der Waals surface area contributed by atoms with E-state index in [2.05, 4.69) is 21.2 Å². The molecule has 0 unspecified atom stereocenters. The summed E-state index contributed by atoms with van der Waals surface area (Å²) in [5, 5.41) is 31.7. The minimum Gasteiger partial charge on any atom is -0.394 e. The Morgan fingerprint density at radius 2 is 2.22 bits per heavy atom. The Morgan fingerprint density at radius 1 is 1.56 bits per heavy atom. The zero-order valence-electron chi connectivity index (χ0n) is 9.89. The van der Waals surface area contributed by atoms with Crippen LogP contribution in [-0.4, -0.2) is 34.4 Å². The van der Waals surface area contributed by atoms with Gasteiger partial charge in [0, 0.05) is 16.6 Å². The van der Waals surface area contributed by atoms with Crippen molar-refractivity contribution in [2.45, 2.75) is 19.4 Å². The molecule has 0 amide bonds. The molecule has 0 radical (unpaired) electrons. The van der Waals surface area contributed by atoms with Crippen molar-refractivity contribution in [2.24, 2.45) is 0 Å². The van der Waals surface area contributed by atoms with E-state index in [0.717, 1.165) is 0 Å². The molecule has 7 heteroatoms. The number of benzene rings is 1. The Bertz CT molecular complexity index is 439. The fourth-order valence-corrected chi connectivity index (χ4v) is 1.84. The summed E-state index contributed by atoms with van der Waals surface area (Å²) in [6.45, 7) is 1.70. The van der Waals surface area contributed by atoms with Gasteiger partial charge in [-0.05, 0) is 25.5 Å². The summed E-state index contributed by atoms with van der Waals surface area (Å²) in [5.74, 6) is 0. The monoisotopic (exact) mass is 318 g/mol. The molecule has 1 aromatic carbocycles. The van der Waals surface area contributed by atoms with Crippen molar-refractivity contribution in [1.29, 1.82) is 0 Å². The molecule has 0 aliphatic carbocycles. The van der Waals surface area contributed by atoms with Crippen LogP contribution in [0.5, 0.6) is 0 Å². The Morgan fingerprint density at radius 3 is 2.78 bits per heavy atom. The molecule has 0 saturated heterocycles. The van der Waals surface area contributed by atoms with Crippen LogP contribution >= 0.6 is 15.9 Å². The van der Waals surface area contributed by atoms with Gasteiger partial charge in [0.25, 0.3) is 5.69 Å². The molecule has 0 heterocycles. The number of nitro benzene ring substituents is 1. The van der Waals surface area contributed by atoms with Crippen molar-refractivity contribution in [1.82, 2.24) is 0 Å². The molecule has 0 aliphatic rings. The highest BCUT2D eigenvalue weighted by Crippen LogP contribution is 2.33. The summed E-state index contributed by atoms with van der Waals surface area (Å²) >= 11 is 3.25. The number of hydrogen-bond donors (Lipinski definition) is 3. The quantitative estimate of drug-likeness (QED) is 0.549. The predicted octanol–water partition coefficient (Wildman–Crippen LogP) is 1.82. The lowest BCUT2D eigenvalue weighted by Gasteiger charge is -2.11. The lowest BCUT2D eigenvalue weighted by Crippen LogP contribution is -2.17. The largest absolute Gasteiger partial charge is 0.394 e. The second kappa shape index (κ2) is 6.67. The van der Waals surface area contributed by atoms with E-state index in [9.17, 15) is 15.2 Å². The van der Waals surface area contributed by atoms with Crippen LogP contribution < -0.4 is 5.32 Å². The maximum absolute atomic E-state index is 11.0. The van der Waals surface area contributed by atoms with Gasteiger partial charge in [-0.2, -0.15) is 0 Å². The Hall–Kier alpha value is -1.18. The van der Waals surface area contributed by atoms with Crippen LogP contribution in [0.4, 0.5) is 11.4 Å². The van der Waals surface area contributed by atoms with Gasteiger partial charge in [0.15, 0.2) is 0 Å². The number of nitrogens with one attached hydrogen (secondary N) is 1. The van der Waals surface area contributed by atoms with E-state index in [0.29, 0.717) is 28.7 Å². The van der Waals surface area contributed by atoms with Gasteiger partial charge in [0.1, 0.15) is 5.69 Å². The summed E-state index contributed by atoms with van der Waals surface area (Å²) in [6.07, 6.45) is -0.490. The average molecular weight is 319 g/mol.